The van der Waals surface area contributed by atoms with Crippen molar-refractivity contribution in [3.05, 3.63) is 22.9 Å². The van der Waals surface area contributed by atoms with E-state index in [0.717, 1.165) is 42.0 Å². The molecule has 2 aliphatic rings. The van der Waals surface area contributed by atoms with Crippen LogP contribution >= 0.6 is 0 Å². The van der Waals surface area contributed by atoms with E-state index in [1.807, 2.05) is 19.9 Å². The number of aromatic nitrogens is 1. The van der Waals surface area contributed by atoms with E-state index in [1.165, 1.54) is 6.42 Å². The number of ether oxygens (including phenoxy) is 1. The Morgan fingerprint density at radius 3 is 3.05 bits per heavy atom. The topological polar surface area (TPSA) is 84.0 Å². The van der Waals surface area contributed by atoms with Gasteiger partial charge in [-0.1, -0.05) is 5.16 Å². The normalized spacial score (nSPS) is 26.0. The predicted octanol–water partition coefficient (Wildman–Crippen LogP) is 1.55. The van der Waals surface area contributed by atoms with Gasteiger partial charge < -0.3 is 20.6 Å². The van der Waals surface area contributed by atoms with Gasteiger partial charge in [0.2, 0.25) is 0 Å². The molecule has 114 valence electrons. The molecular formula is C15H22N4O2. The van der Waals surface area contributed by atoms with Gasteiger partial charge >= 0.3 is 0 Å². The largest absolute Gasteiger partial charge is 0.409 e. The first-order chi connectivity index (χ1) is 10.1. The molecule has 0 amide bonds. The molecule has 0 aromatic carbocycles. The fraction of sp³-hybridized carbons (Fsp3) is 0.600. The molecule has 21 heavy (non-hydrogen) atoms. The molecule has 1 aromatic rings. The first-order valence-electron chi connectivity index (χ1n) is 7.46. The van der Waals surface area contributed by atoms with Gasteiger partial charge in [-0.3, -0.25) is 0 Å². The number of oxime groups is 1. The lowest BCUT2D eigenvalue weighted by Crippen LogP contribution is -2.49. The van der Waals surface area contributed by atoms with E-state index in [0.29, 0.717) is 12.6 Å². The predicted molar refractivity (Wildman–Crippen MR) is 80.9 cm³/mol. The van der Waals surface area contributed by atoms with Crippen molar-refractivity contribution in [2.75, 3.05) is 18.1 Å². The number of nitrogens with zero attached hydrogens (tertiary/aromatic N) is 3. The lowest BCUT2D eigenvalue weighted by molar-refractivity contribution is 0.0253. The van der Waals surface area contributed by atoms with E-state index < -0.39 is 0 Å². The van der Waals surface area contributed by atoms with Crippen LogP contribution in [0.4, 0.5) is 5.82 Å². The number of anilines is 1. The van der Waals surface area contributed by atoms with E-state index in [1.54, 1.807) is 0 Å². The zero-order valence-corrected chi connectivity index (χ0v) is 12.5. The van der Waals surface area contributed by atoms with Crippen LogP contribution in [0.1, 0.15) is 36.1 Å². The summed E-state index contributed by atoms with van der Waals surface area (Å²) < 4.78 is 5.86. The third-order valence-corrected chi connectivity index (χ3v) is 4.44. The first kappa shape index (κ1) is 14.1. The summed E-state index contributed by atoms with van der Waals surface area (Å²) >= 11 is 0. The number of aryl methyl sites for hydroxylation is 2. The summed E-state index contributed by atoms with van der Waals surface area (Å²) in [6, 6.07) is 2.31. The molecule has 2 atom stereocenters. The molecule has 6 nitrogen and oxygen atoms in total. The monoisotopic (exact) mass is 290 g/mol. The van der Waals surface area contributed by atoms with Crippen molar-refractivity contribution < 1.29 is 9.94 Å². The third kappa shape index (κ3) is 2.44. The number of nitrogens with two attached hydrogens (primary N) is 1. The fourth-order valence-electron chi connectivity index (χ4n) is 3.58. The van der Waals surface area contributed by atoms with Crippen molar-refractivity contribution in [2.24, 2.45) is 10.9 Å². The van der Waals surface area contributed by atoms with Crippen molar-refractivity contribution in [1.29, 1.82) is 0 Å². The maximum Gasteiger partial charge on any atom is 0.174 e. The molecule has 1 aliphatic carbocycles. The van der Waals surface area contributed by atoms with Crippen molar-refractivity contribution in [3.63, 3.8) is 0 Å². The second-order valence-electron chi connectivity index (χ2n) is 5.87. The quantitative estimate of drug-likeness (QED) is 0.374. The first-order valence-corrected chi connectivity index (χ1v) is 7.46. The molecule has 1 saturated heterocycles. The van der Waals surface area contributed by atoms with Gasteiger partial charge in [-0.05, 0) is 44.7 Å². The van der Waals surface area contributed by atoms with Gasteiger partial charge in [0, 0.05) is 12.2 Å². The number of fused-ring (bicyclic) bond motifs is 1. The van der Waals surface area contributed by atoms with Crippen LogP contribution < -0.4 is 10.6 Å². The maximum atomic E-state index is 9.08. The highest BCUT2D eigenvalue weighted by molar-refractivity contribution is 6.02. The molecule has 3 rings (SSSR count). The Bertz CT molecular complexity index is 573. The molecule has 1 saturated carbocycles. The van der Waals surface area contributed by atoms with E-state index in [9.17, 15) is 0 Å². The van der Waals surface area contributed by atoms with Crippen molar-refractivity contribution in [3.8, 4) is 0 Å². The summed E-state index contributed by atoms with van der Waals surface area (Å²) in [5, 5.41) is 12.3. The Kier molecular flexibility index (Phi) is 3.71. The molecule has 2 heterocycles. The average Bonchev–Trinajstić information content (AvgIpc) is 2.94. The Labute approximate surface area is 124 Å². The van der Waals surface area contributed by atoms with Crippen LogP contribution in [0.5, 0.6) is 0 Å². The minimum atomic E-state index is 0.121. The minimum absolute atomic E-state index is 0.121. The van der Waals surface area contributed by atoms with Gasteiger partial charge in [0.15, 0.2) is 5.84 Å². The summed E-state index contributed by atoms with van der Waals surface area (Å²) in [7, 11) is 0. The van der Waals surface area contributed by atoms with Crippen LogP contribution in [0.2, 0.25) is 0 Å². The Hall–Kier alpha value is -1.82. The van der Waals surface area contributed by atoms with Gasteiger partial charge in [0.05, 0.1) is 24.3 Å². The fourth-order valence-corrected chi connectivity index (χ4v) is 3.58. The maximum absolute atomic E-state index is 9.08. The van der Waals surface area contributed by atoms with Crippen molar-refractivity contribution in [2.45, 2.75) is 45.3 Å². The van der Waals surface area contributed by atoms with Crippen LogP contribution in [-0.4, -0.2) is 41.3 Å². The zero-order chi connectivity index (χ0) is 15.0. The van der Waals surface area contributed by atoms with Gasteiger partial charge in [-0.15, -0.1) is 0 Å². The number of morpholine rings is 1. The number of hydrogen-bond acceptors (Lipinski definition) is 5. The molecule has 0 radical (unpaired) electrons. The molecule has 0 spiro atoms. The standard InChI is InChI=1S/C15H22N4O2/c1-9-8-10(2)17-15(13(9)14(16)18-20)19-6-7-21-12-5-3-4-11(12)19/h8,11-12,20H,3-7H2,1-2H3,(H2,16,18). The number of amidine groups is 1. The molecule has 3 N–H and O–H groups in total. The molecule has 6 heteroatoms. The SMILES string of the molecule is Cc1cc(C)c(C(N)=NO)c(N2CCOC3CCCC32)n1. The molecular weight excluding hydrogens is 268 g/mol. The van der Waals surface area contributed by atoms with Crippen molar-refractivity contribution in [1.82, 2.24) is 4.98 Å². The highest BCUT2D eigenvalue weighted by atomic mass is 16.5. The van der Waals surface area contributed by atoms with E-state index in [2.05, 4.69) is 15.0 Å². The summed E-state index contributed by atoms with van der Waals surface area (Å²) in [5.41, 5.74) is 8.55. The number of rotatable bonds is 2. The van der Waals surface area contributed by atoms with Gasteiger partial charge in [-0.25, -0.2) is 4.98 Å². The zero-order valence-electron chi connectivity index (χ0n) is 12.5. The van der Waals surface area contributed by atoms with Gasteiger partial charge in [0.1, 0.15) is 5.82 Å². The van der Waals surface area contributed by atoms with E-state index >= 15 is 0 Å². The molecule has 1 aliphatic heterocycles. The molecule has 1 aromatic heterocycles. The minimum Gasteiger partial charge on any atom is -0.409 e. The van der Waals surface area contributed by atoms with E-state index in [4.69, 9.17) is 15.7 Å². The Morgan fingerprint density at radius 2 is 2.29 bits per heavy atom. The second-order valence-corrected chi connectivity index (χ2v) is 5.87. The van der Waals surface area contributed by atoms with Crippen LogP contribution in [-0.2, 0) is 4.74 Å². The van der Waals surface area contributed by atoms with Crippen LogP contribution in [0.25, 0.3) is 0 Å². The van der Waals surface area contributed by atoms with Crippen LogP contribution in [0, 0.1) is 13.8 Å². The number of pyridine rings is 1. The van der Waals surface area contributed by atoms with Gasteiger partial charge in [-0.2, -0.15) is 0 Å². The highest BCUT2D eigenvalue weighted by Gasteiger charge is 2.38. The molecule has 2 unspecified atom stereocenters. The smallest absolute Gasteiger partial charge is 0.174 e. The summed E-state index contributed by atoms with van der Waals surface area (Å²) in [5.74, 6) is 0.944. The molecule has 2 fully saturated rings. The van der Waals surface area contributed by atoms with Crippen LogP contribution in [0.3, 0.4) is 0 Å². The summed E-state index contributed by atoms with van der Waals surface area (Å²) in [6.07, 6.45) is 3.66. The highest BCUT2D eigenvalue weighted by Crippen LogP contribution is 2.34. The summed E-state index contributed by atoms with van der Waals surface area (Å²) in [6.45, 7) is 5.44. The van der Waals surface area contributed by atoms with E-state index in [-0.39, 0.29) is 11.9 Å². The summed E-state index contributed by atoms with van der Waals surface area (Å²) in [4.78, 5) is 6.97. The molecule has 0 bridgehead atoms. The van der Waals surface area contributed by atoms with Gasteiger partial charge in [0.25, 0.3) is 0 Å². The Balaban J connectivity index is 2.08. The second kappa shape index (κ2) is 5.52. The average molecular weight is 290 g/mol. The number of hydrogen-bond donors (Lipinski definition) is 2. The van der Waals surface area contributed by atoms with Crippen molar-refractivity contribution >= 4 is 11.7 Å². The lowest BCUT2D eigenvalue weighted by atomic mass is 10.0. The van der Waals surface area contributed by atoms with Crippen LogP contribution in [0.15, 0.2) is 11.2 Å². The Morgan fingerprint density at radius 1 is 1.48 bits per heavy atom. The third-order valence-electron chi connectivity index (χ3n) is 4.44. The lowest BCUT2D eigenvalue weighted by Gasteiger charge is -2.39.